The second kappa shape index (κ2) is 9.04. The van der Waals surface area contributed by atoms with E-state index < -0.39 is 0 Å². The van der Waals surface area contributed by atoms with Gasteiger partial charge in [0.25, 0.3) is 0 Å². The highest BCUT2D eigenvalue weighted by atomic mass is 16.5. The fraction of sp³-hybridized carbons (Fsp3) is 0.500. The molecule has 0 bridgehead atoms. The van der Waals surface area contributed by atoms with Crippen LogP contribution in [0.3, 0.4) is 0 Å². The fourth-order valence-electron chi connectivity index (χ4n) is 4.93. The second-order valence-corrected chi connectivity index (χ2v) is 8.36. The lowest BCUT2D eigenvalue weighted by molar-refractivity contribution is -0.146. The Kier molecular flexibility index (Phi) is 6.23. The van der Waals surface area contributed by atoms with E-state index in [4.69, 9.17) is 9.47 Å². The number of amides is 1. The first kappa shape index (κ1) is 20.7. The van der Waals surface area contributed by atoms with Crippen LogP contribution in [0.4, 0.5) is 0 Å². The molecule has 1 amide bonds. The highest BCUT2D eigenvalue weighted by Gasteiger charge is 2.48. The molecular formula is C24H31N3O3. The molecule has 2 saturated heterocycles. The largest absolute Gasteiger partial charge is 0.493 e. The Hall–Kier alpha value is -2.60. The van der Waals surface area contributed by atoms with Crippen LogP contribution in [0.5, 0.6) is 11.5 Å². The third-order valence-corrected chi connectivity index (χ3v) is 6.51. The second-order valence-electron chi connectivity index (χ2n) is 8.36. The van der Waals surface area contributed by atoms with Crippen LogP contribution >= 0.6 is 0 Å². The first-order valence-electron chi connectivity index (χ1n) is 10.8. The number of likely N-dealkylation sites (tertiary alicyclic amines) is 2. The van der Waals surface area contributed by atoms with Crippen LogP contribution in [0.2, 0.25) is 0 Å². The Morgan fingerprint density at radius 1 is 1.07 bits per heavy atom. The lowest BCUT2D eigenvalue weighted by atomic mass is 9.78. The van der Waals surface area contributed by atoms with Crippen LogP contribution in [0, 0.1) is 5.41 Å². The first-order valence-corrected chi connectivity index (χ1v) is 10.8. The summed E-state index contributed by atoms with van der Waals surface area (Å²) in [5, 5.41) is 0. The number of carbonyl (C=O) groups excluding carboxylic acids is 1. The van der Waals surface area contributed by atoms with E-state index in [9.17, 15) is 4.79 Å². The van der Waals surface area contributed by atoms with Crippen LogP contribution in [-0.4, -0.2) is 61.1 Å². The normalized spacial score (nSPS) is 21.9. The van der Waals surface area contributed by atoms with Crippen LogP contribution in [-0.2, 0) is 17.8 Å². The number of ether oxygens (including phenoxy) is 2. The summed E-state index contributed by atoms with van der Waals surface area (Å²) in [5.74, 6) is 1.71. The number of hydrogen-bond donors (Lipinski definition) is 0. The maximum Gasteiger partial charge on any atom is 0.230 e. The van der Waals surface area contributed by atoms with Crippen molar-refractivity contribution in [1.29, 1.82) is 0 Å². The number of rotatable bonds is 7. The average molecular weight is 410 g/mol. The zero-order valence-electron chi connectivity index (χ0n) is 18.0. The van der Waals surface area contributed by atoms with Crippen molar-refractivity contribution >= 4 is 5.91 Å². The Labute approximate surface area is 178 Å². The number of nitrogens with zero attached hydrogens (tertiary/aromatic N) is 3. The molecule has 3 heterocycles. The minimum absolute atomic E-state index is 0.242. The van der Waals surface area contributed by atoms with E-state index in [2.05, 4.69) is 16.0 Å². The van der Waals surface area contributed by atoms with Crippen molar-refractivity contribution in [3.05, 3.63) is 53.9 Å². The van der Waals surface area contributed by atoms with Crippen molar-refractivity contribution in [1.82, 2.24) is 14.8 Å². The quantitative estimate of drug-likeness (QED) is 0.703. The molecule has 0 unspecified atom stereocenters. The molecule has 0 N–H and O–H groups in total. The number of hydrogen-bond acceptors (Lipinski definition) is 5. The van der Waals surface area contributed by atoms with Gasteiger partial charge in [0.1, 0.15) is 0 Å². The Morgan fingerprint density at radius 3 is 2.73 bits per heavy atom. The summed E-state index contributed by atoms with van der Waals surface area (Å²) in [4.78, 5) is 22.4. The molecule has 1 aromatic heterocycles. The average Bonchev–Trinajstić information content (AvgIpc) is 3.20. The lowest BCUT2D eigenvalue weighted by Crippen LogP contribution is -2.49. The zero-order valence-corrected chi connectivity index (χ0v) is 18.0. The molecule has 1 spiro atoms. The maximum absolute atomic E-state index is 13.5. The van der Waals surface area contributed by atoms with Crippen molar-refractivity contribution in [2.24, 2.45) is 5.41 Å². The van der Waals surface area contributed by atoms with Gasteiger partial charge in [-0.3, -0.25) is 9.78 Å². The molecule has 1 atom stereocenters. The Morgan fingerprint density at radius 2 is 1.97 bits per heavy atom. The maximum atomic E-state index is 13.5. The molecule has 0 aliphatic carbocycles. The lowest BCUT2D eigenvalue weighted by Gasteiger charge is -2.39. The summed E-state index contributed by atoms with van der Waals surface area (Å²) in [5.41, 5.74) is 1.86. The van der Waals surface area contributed by atoms with Crippen molar-refractivity contribution < 1.29 is 14.3 Å². The van der Waals surface area contributed by atoms with Gasteiger partial charge in [0, 0.05) is 50.1 Å². The molecule has 2 aliphatic rings. The van der Waals surface area contributed by atoms with E-state index in [1.807, 2.05) is 41.4 Å². The summed E-state index contributed by atoms with van der Waals surface area (Å²) < 4.78 is 11.0. The van der Waals surface area contributed by atoms with Crippen molar-refractivity contribution in [2.45, 2.75) is 32.2 Å². The summed E-state index contributed by atoms with van der Waals surface area (Å²) in [6.45, 7) is 4.15. The smallest absolute Gasteiger partial charge is 0.230 e. The highest BCUT2D eigenvalue weighted by molar-refractivity contribution is 5.84. The van der Waals surface area contributed by atoms with Gasteiger partial charge in [0.05, 0.1) is 19.6 Å². The van der Waals surface area contributed by atoms with Crippen molar-refractivity contribution in [2.75, 3.05) is 40.4 Å². The summed E-state index contributed by atoms with van der Waals surface area (Å²) in [6, 6.07) is 11.9. The molecule has 6 heteroatoms. The van der Waals surface area contributed by atoms with Gasteiger partial charge in [-0.2, -0.15) is 0 Å². The molecular weight excluding hydrogens is 378 g/mol. The molecule has 4 rings (SSSR count). The van der Waals surface area contributed by atoms with E-state index in [-0.39, 0.29) is 5.41 Å². The molecule has 2 aliphatic heterocycles. The standard InChI is InChI=1S/C24H31N3O3/c1-29-21-9-5-7-19(22(21)30-2)17-27-14-6-11-24(23(27)28)12-16-26(18-24)15-10-20-8-3-4-13-25-20/h3-5,7-9,13H,6,10-12,14-18H2,1-2H3/t24-/m1/s1. The number of para-hydroxylation sites is 1. The van der Waals surface area contributed by atoms with Gasteiger partial charge in [-0.25, -0.2) is 0 Å². The Balaban J connectivity index is 1.42. The third kappa shape index (κ3) is 4.15. The molecule has 160 valence electrons. The van der Waals surface area contributed by atoms with Gasteiger partial charge in [0.2, 0.25) is 5.91 Å². The van der Waals surface area contributed by atoms with Gasteiger partial charge >= 0.3 is 0 Å². The fourth-order valence-corrected chi connectivity index (χ4v) is 4.93. The predicted octanol–water partition coefficient (Wildman–Crippen LogP) is 3.16. The number of methoxy groups -OCH3 is 2. The molecule has 30 heavy (non-hydrogen) atoms. The van der Waals surface area contributed by atoms with E-state index in [0.29, 0.717) is 18.2 Å². The van der Waals surface area contributed by atoms with Gasteiger partial charge in [-0.15, -0.1) is 0 Å². The van der Waals surface area contributed by atoms with Crippen LogP contribution in [0.15, 0.2) is 42.6 Å². The molecule has 0 saturated carbocycles. The molecule has 1 aromatic carbocycles. The van der Waals surface area contributed by atoms with Gasteiger partial charge in [0.15, 0.2) is 11.5 Å². The molecule has 6 nitrogen and oxygen atoms in total. The number of benzene rings is 1. The number of carbonyl (C=O) groups is 1. The molecule has 2 aromatic rings. The van der Waals surface area contributed by atoms with E-state index in [1.165, 1.54) is 0 Å². The molecule has 0 radical (unpaired) electrons. The first-order chi connectivity index (χ1) is 14.6. The van der Waals surface area contributed by atoms with Crippen LogP contribution in [0.25, 0.3) is 0 Å². The van der Waals surface area contributed by atoms with Gasteiger partial charge in [-0.05, 0) is 44.0 Å². The zero-order chi connectivity index (χ0) is 21.0. The summed E-state index contributed by atoms with van der Waals surface area (Å²) in [6.07, 6.45) is 5.75. The highest BCUT2D eigenvalue weighted by Crippen LogP contribution is 2.41. The third-order valence-electron chi connectivity index (χ3n) is 6.51. The predicted molar refractivity (Wildman–Crippen MR) is 116 cm³/mol. The van der Waals surface area contributed by atoms with E-state index in [0.717, 1.165) is 68.9 Å². The number of piperidine rings is 1. The van der Waals surface area contributed by atoms with Crippen LogP contribution < -0.4 is 9.47 Å². The van der Waals surface area contributed by atoms with Crippen LogP contribution in [0.1, 0.15) is 30.5 Å². The van der Waals surface area contributed by atoms with Gasteiger partial charge < -0.3 is 19.3 Å². The summed E-state index contributed by atoms with van der Waals surface area (Å²) >= 11 is 0. The SMILES string of the molecule is COc1cccc(CN2CCC[C@]3(CCN(CCc4ccccn4)C3)C2=O)c1OC. The van der Waals surface area contributed by atoms with Crippen molar-refractivity contribution in [3.63, 3.8) is 0 Å². The number of pyridine rings is 1. The minimum Gasteiger partial charge on any atom is -0.493 e. The van der Waals surface area contributed by atoms with E-state index >= 15 is 0 Å². The van der Waals surface area contributed by atoms with Gasteiger partial charge in [-0.1, -0.05) is 18.2 Å². The van der Waals surface area contributed by atoms with Crippen molar-refractivity contribution in [3.8, 4) is 11.5 Å². The Bertz CT molecular complexity index is 873. The summed E-state index contributed by atoms with van der Waals surface area (Å²) in [7, 11) is 3.29. The monoisotopic (exact) mass is 409 g/mol. The van der Waals surface area contributed by atoms with E-state index in [1.54, 1.807) is 14.2 Å². The molecule has 2 fully saturated rings. The number of aromatic nitrogens is 1. The minimum atomic E-state index is -0.242. The topological polar surface area (TPSA) is 54.9 Å².